The molecule has 7 nitrogen and oxygen atoms in total. The normalized spacial score (nSPS) is 16.6. The fourth-order valence-electron chi connectivity index (χ4n) is 3.34. The van der Waals surface area contributed by atoms with Crippen LogP contribution in [0.15, 0.2) is 41.3 Å². The number of likely N-dealkylation sites (tertiary alicyclic amines) is 1. The maximum absolute atomic E-state index is 12.8. The smallest absolute Gasteiger partial charge is 0.269 e. The molecular weight excluding hydrogens is 332 g/mol. The molecule has 26 heavy (non-hydrogen) atoms. The van der Waals surface area contributed by atoms with Crippen molar-refractivity contribution in [2.75, 3.05) is 32.6 Å². The van der Waals surface area contributed by atoms with Crippen molar-refractivity contribution in [1.82, 2.24) is 14.7 Å². The van der Waals surface area contributed by atoms with Gasteiger partial charge in [-0.1, -0.05) is 18.2 Å². The van der Waals surface area contributed by atoms with Gasteiger partial charge in [0.15, 0.2) is 0 Å². The van der Waals surface area contributed by atoms with E-state index in [1.807, 2.05) is 43.3 Å². The molecule has 7 heteroatoms. The molecule has 0 unspecified atom stereocenters. The van der Waals surface area contributed by atoms with Crippen LogP contribution < -0.4 is 15.2 Å². The minimum absolute atomic E-state index is 0.0320. The Morgan fingerprint density at radius 1 is 1.35 bits per heavy atom. The highest BCUT2D eigenvalue weighted by Gasteiger charge is 2.31. The first-order chi connectivity index (χ1) is 12.5. The number of rotatable bonds is 5. The molecule has 0 bridgehead atoms. The van der Waals surface area contributed by atoms with Crippen molar-refractivity contribution in [2.45, 2.75) is 25.4 Å². The first-order valence-electron chi connectivity index (χ1n) is 8.68. The van der Waals surface area contributed by atoms with Gasteiger partial charge in [-0.05, 0) is 18.9 Å². The summed E-state index contributed by atoms with van der Waals surface area (Å²) in [4.78, 5) is 28.7. The summed E-state index contributed by atoms with van der Waals surface area (Å²) in [5.74, 6) is 0.674. The summed E-state index contributed by atoms with van der Waals surface area (Å²) in [6.07, 6.45) is 3.40. The Hall–Kier alpha value is -2.83. The molecule has 138 valence electrons. The number of methoxy groups -OCH3 is 1. The summed E-state index contributed by atoms with van der Waals surface area (Å²) in [5, 5.41) is 4.13. The van der Waals surface area contributed by atoms with Crippen LogP contribution in [0.25, 0.3) is 0 Å². The number of anilines is 1. The van der Waals surface area contributed by atoms with E-state index in [4.69, 9.17) is 4.74 Å². The van der Waals surface area contributed by atoms with Crippen LogP contribution in [-0.2, 0) is 11.3 Å². The van der Waals surface area contributed by atoms with Gasteiger partial charge in [0.1, 0.15) is 12.3 Å². The van der Waals surface area contributed by atoms with Crippen molar-refractivity contribution in [1.29, 1.82) is 0 Å². The first-order valence-corrected chi connectivity index (χ1v) is 8.68. The van der Waals surface area contributed by atoms with Gasteiger partial charge in [-0.3, -0.25) is 9.59 Å². The first kappa shape index (κ1) is 18.0. The number of carbonyl (C=O) groups is 1. The van der Waals surface area contributed by atoms with Gasteiger partial charge in [-0.2, -0.15) is 5.10 Å². The number of para-hydroxylation sites is 1. The zero-order valence-corrected chi connectivity index (χ0v) is 15.4. The quantitative estimate of drug-likeness (QED) is 0.815. The molecule has 1 aromatic heterocycles. The molecule has 0 N–H and O–H groups in total. The number of benzene rings is 1. The molecular formula is C19H24N4O3. The molecule has 2 aromatic rings. The van der Waals surface area contributed by atoms with Crippen molar-refractivity contribution in [3.05, 3.63) is 52.4 Å². The Bertz CT molecular complexity index is 847. The van der Waals surface area contributed by atoms with Crippen molar-refractivity contribution in [2.24, 2.45) is 0 Å². The van der Waals surface area contributed by atoms with Gasteiger partial charge in [0, 0.05) is 32.3 Å². The van der Waals surface area contributed by atoms with E-state index in [1.165, 1.54) is 10.7 Å². The molecule has 3 rings (SSSR count). The Morgan fingerprint density at radius 3 is 2.81 bits per heavy atom. The highest BCUT2D eigenvalue weighted by atomic mass is 16.5. The summed E-state index contributed by atoms with van der Waals surface area (Å²) in [6, 6.07) is 9.22. The lowest BCUT2D eigenvalue weighted by molar-refractivity contribution is -0.133. The van der Waals surface area contributed by atoms with Gasteiger partial charge in [0.25, 0.3) is 5.56 Å². The Kier molecular flexibility index (Phi) is 5.25. The predicted octanol–water partition coefficient (Wildman–Crippen LogP) is 1.68. The highest BCUT2D eigenvalue weighted by molar-refractivity contribution is 5.77. The third kappa shape index (κ3) is 3.56. The largest absolute Gasteiger partial charge is 0.496 e. The maximum atomic E-state index is 12.8. The zero-order valence-electron chi connectivity index (χ0n) is 15.4. The summed E-state index contributed by atoms with van der Waals surface area (Å²) in [6.45, 7) is 0.615. The summed E-state index contributed by atoms with van der Waals surface area (Å²) >= 11 is 0. The lowest BCUT2D eigenvalue weighted by Crippen LogP contribution is -2.37. The Morgan fingerprint density at radius 2 is 2.12 bits per heavy atom. The minimum Gasteiger partial charge on any atom is -0.496 e. The van der Waals surface area contributed by atoms with Gasteiger partial charge < -0.3 is 14.5 Å². The predicted molar refractivity (Wildman–Crippen MR) is 99.5 cm³/mol. The fraction of sp³-hybridized carbons (Fsp3) is 0.421. The third-order valence-corrected chi connectivity index (χ3v) is 4.73. The standard InChI is InChI=1S/C19H24N4O3/c1-21(2)14-11-18(24)23(20-12-14)13-19(25)22-10-6-8-16(22)15-7-4-5-9-17(15)26-3/h4-5,7,9,11-12,16H,6,8,10,13H2,1-3H3/t16-/m1/s1. The topological polar surface area (TPSA) is 67.7 Å². The lowest BCUT2D eigenvalue weighted by Gasteiger charge is -2.26. The van der Waals surface area contributed by atoms with E-state index >= 15 is 0 Å². The Balaban J connectivity index is 1.80. The van der Waals surface area contributed by atoms with Crippen LogP contribution in [0.2, 0.25) is 0 Å². The van der Waals surface area contributed by atoms with Gasteiger partial charge in [-0.25, -0.2) is 4.68 Å². The third-order valence-electron chi connectivity index (χ3n) is 4.73. The molecule has 1 aromatic carbocycles. The number of ether oxygens (including phenoxy) is 1. The summed E-state index contributed by atoms with van der Waals surface area (Å²) < 4.78 is 6.66. The molecule has 0 saturated carbocycles. The second-order valence-electron chi connectivity index (χ2n) is 6.59. The van der Waals surface area contributed by atoms with Gasteiger partial charge >= 0.3 is 0 Å². The molecule has 0 spiro atoms. The van der Waals surface area contributed by atoms with Crippen LogP contribution in [0, 0.1) is 0 Å². The number of nitrogens with zero attached hydrogens (tertiary/aromatic N) is 4. The van der Waals surface area contributed by atoms with Crippen LogP contribution in [0.4, 0.5) is 5.69 Å². The lowest BCUT2D eigenvalue weighted by atomic mass is 10.0. The SMILES string of the molecule is COc1ccccc1[C@H]1CCCN1C(=O)Cn1ncc(N(C)C)cc1=O. The molecule has 1 saturated heterocycles. The second-order valence-corrected chi connectivity index (χ2v) is 6.59. The number of hydrogen-bond acceptors (Lipinski definition) is 5. The summed E-state index contributed by atoms with van der Waals surface area (Å²) in [7, 11) is 5.32. The van der Waals surface area contributed by atoms with E-state index in [0.29, 0.717) is 12.2 Å². The van der Waals surface area contributed by atoms with Crippen LogP contribution >= 0.6 is 0 Å². The van der Waals surface area contributed by atoms with Crippen LogP contribution in [0.1, 0.15) is 24.4 Å². The van der Waals surface area contributed by atoms with Crippen molar-refractivity contribution < 1.29 is 9.53 Å². The number of carbonyl (C=O) groups excluding carboxylic acids is 1. The van der Waals surface area contributed by atoms with Crippen LogP contribution in [0.3, 0.4) is 0 Å². The fourth-order valence-corrected chi connectivity index (χ4v) is 3.34. The molecule has 0 radical (unpaired) electrons. The number of hydrogen-bond donors (Lipinski definition) is 0. The molecule has 1 amide bonds. The molecule has 1 aliphatic heterocycles. The molecule has 0 aliphatic carbocycles. The van der Waals surface area contributed by atoms with E-state index in [2.05, 4.69) is 5.10 Å². The monoisotopic (exact) mass is 356 g/mol. The van der Waals surface area contributed by atoms with Gasteiger partial charge in [0.2, 0.25) is 5.91 Å². The van der Waals surface area contributed by atoms with E-state index in [-0.39, 0.29) is 24.1 Å². The zero-order chi connectivity index (χ0) is 18.7. The van der Waals surface area contributed by atoms with E-state index in [9.17, 15) is 9.59 Å². The molecule has 1 aliphatic rings. The average Bonchev–Trinajstić information content (AvgIpc) is 3.12. The average molecular weight is 356 g/mol. The van der Waals surface area contributed by atoms with Crippen molar-refractivity contribution in [3.8, 4) is 5.75 Å². The Labute approximate surface area is 152 Å². The number of amides is 1. The van der Waals surface area contributed by atoms with E-state index in [1.54, 1.807) is 18.2 Å². The number of aromatic nitrogens is 2. The van der Waals surface area contributed by atoms with Crippen molar-refractivity contribution in [3.63, 3.8) is 0 Å². The molecule has 2 heterocycles. The van der Waals surface area contributed by atoms with E-state index < -0.39 is 0 Å². The highest BCUT2D eigenvalue weighted by Crippen LogP contribution is 2.36. The van der Waals surface area contributed by atoms with Crippen molar-refractivity contribution >= 4 is 11.6 Å². The van der Waals surface area contributed by atoms with Gasteiger partial charge in [-0.15, -0.1) is 0 Å². The van der Waals surface area contributed by atoms with Crippen LogP contribution in [-0.4, -0.2) is 48.3 Å². The maximum Gasteiger partial charge on any atom is 0.269 e. The summed E-state index contributed by atoms with van der Waals surface area (Å²) in [5.41, 5.74) is 1.44. The minimum atomic E-state index is -0.280. The van der Waals surface area contributed by atoms with Crippen LogP contribution in [0.5, 0.6) is 5.75 Å². The van der Waals surface area contributed by atoms with Gasteiger partial charge in [0.05, 0.1) is 25.0 Å². The van der Waals surface area contributed by atoms with E-state index in [0.717, 1.165) is 24.2 Å². The molecule has 1 fully saturated rings. The second kappa shape index (κ2) is 7.59. The molecule has 1 atom stereocenters.